The standard InChI is InChI=1S/C13H11FN4O3S/c1-18-12(10-4-2-3-5-11(10)14)15-16-13(18)22(19,20)8-9-6-7-21-17-9/h2-7H,8H2,1H3. The molecule has 0 N–H and O–H groups in total. The van der Waals surface area contributed by atoms with Gasteiger partial charge in [0.2, 0.25) is 15.0 Å². The molecule has 0 spiro atoms. The number of aromatic nitrogens is 4. The van der Waals surface area contributed by atoms with E-state index >= 15 is 0 Å². The van der Waals surface area contributed by atoms with E-state index in [-0.39, 0.29) is 28.0 Å². The molecule has 0 bridgehead atoms. The second-order valence-electron chi connectivity index (χ2n) is 4.59. The third-order valence-corrected chi connectivity index (χ3v) is 4.64. The van der Waals surface area contributed by atoms with Crippen LogP contribution in [0, 0.1) is 5.82 Å². The van der Waals surface area contributed by atoms with Gasteiger partial charge in [-0.2, -0.15) is 0 Å². The van der Waals surface area contributed by atoms with Gasteiger partial charge in [-0.05, 0) is 12.1 Å². The number of hydrogen-bond acceptors (Lipinski definition) is 6. The van der Waals surface area contributed by atoms with Crippen LogP contribution in [0.15, 0.2) is 46.3 Å². The van der Waals surface area contributed by atoms with E-state index in [1.165, 1.54) is 42.1 Å². The van der Waals surface area contributed by atoms with Crippen LogP contribution in [0.1, 0.15) is 5.69 Å². The molecule has 0 unspecified atom stereocenters. The summed E-state index contributed by atoms with van der Waals surface area (Å²) in [6, 6.07) is 7.40. The summed E-state index contributed by atoms with van der Waals surface area (Å²) in [4.78, 5) is 0. The SMILES string of the molecule is Cn1c(-c2ccccc2F)nnc1S(=O)(=O)Cc1ccon1. The van der Waals surface area contributed by atoms with Gasteiger partial charge in [0.05, 0.1) is 11.3 Å². The number of hydrogen-bond donors (Lipinski definition) is 0. The molecule has 2 aromatic heterocycles. The van der Waals surface area contributed by atoms with Crippen molar-refractivity contribution in [1.29, 1.82) is 0 Å². The monoisotopic (exact) mass is 322 g/mol. The zero-order valence-corrected chi connectivity index (χ0v) is 12.3. The van der Waals surface area contributed by atoms with Crippen LogP contribution in [0.2, 0.25) is 0 Å². The third kappa shape index (κ3) is 2.50. The minimum Gasteiger partial charge on any atom is -0.364 e. The Morgan fingerprint density at radius 3 is 2.68 bits per heavy atom. The minimum atomic E-state index is -3.77. The molecule has 0 fully saturated rings. The fourth-order valence-corrected chi connectivity index (χ4v) is 3.37. The van der Waals surface area contributed by atoms with Crippen molar-refractivity contribution in [3.05, 3.63) is 48.1 Å². The molecule has 22 heavy (non-hydrogen) atoms. The molecule has 3 rings (SSSR count). The molecular formula is C13H11FN4O3S. The molecule has 7 nitrogen and oxygen atoms in total. The van der Waals surface area contributed by atoms with E-state index in [1.54, 1.807) is 6.07 Å². The minimum absolute atomic E-state index is 0.136. The normalized spacial score (nSPS) is 11.7. The molecule has 3 aromatic rings. The second kappa shape index (κ2) is 5.34. The Labute approximate surface area is 125 Å². The summed E-state index contributed by atoms with van der Waals surface area (Å²) in [7, 11) is -2.30. The van der Waals surface area contributed by atoms with Gasteiger partial charge >= 0.3 is 0 Å². The Kier molecular flexibility index (Phi) is 3.49. The van der Waals surface area contributed by atoms with Crippen molar-refractivity contribution >= 4 is 9.84 Å². The topological polar surface area (TPSA) is 90.9 Å². The highest BCUT2D eigenvalue weighted by Gasteiger charge is 2.25. The van der Waals surface area contributed by atoms with E-state index in [0.29, 0.717) is 0 Å². The van der Waals surface area contributed by atoms with Crippen molar-refractivity contribution in [3.63, 3.8) is 0 Å². The van der Waals surface area contributed by atoms with Crippen molar-refractivity contribution in [3.8, 4) is 11.4 Å². The molecule has 2 heterocycles. The smallest absolute Gasteiger partial charge is 0.250 e. The maximum Gasteiger partial charge on any atom is 0.250 e. The lowest BCUT2D eigenvalue weighted by molar-refractivity contribution is 0.413. The van der Waals surface area contributed by atoms with E-state index in [9.17, 15) is 12.8 Å². The van der Waals surface area contributed by atoms with Gasteiger partial charge in [0, 0.05) is 13.1 Å². The molecule has 0 aliphatic carbocycles. The van der Waals surface area contributed by atoms with Crippen LogP contribution in [0.3, 0.4) is 0 Å². The van der Waals surface area contributed by atoms with Crippen molar-refractivity contribution in [2.24, 2.45) is 7.05 Å². The number of rotatable bonds is 4. The highest BCUT2D eigenvalue weighted by molar-refractivity contribution is 7.90. The number of benzene rings is 1. The van der Waals surface area contributed by atoms with Gasteiger partial charge in [-0.15, -0.1) is 10.2 Å². The lowest BCUT2D eigenvalue weighted by Gasteiger charge is -2.05. The molecule has 1 aromatic carbocycles. The molecule has 0 atom stereocenters. The zero-order valence-electron chi connectivity index (χ0n) is 11.5. The summed E-state index contributed by atoms with van der Waals surface area (Å²) >= 11 is 0. The van der Waals surface area contributed by atoms with E-state index in [4.69, 9.17) is 0 Å². The fourth-order valence-electron chi connectivity index (χ4n) is 2.03. The summed E-state index contributed by atoms with van der Waals surface area (Å²) in [5, 5.41) is 10.8. The molecule has 0 saturated carbocycles. The molecule has 0 amide bonds. The molecule has 114 valence electrons. The molecule has 0 aliphatic rings. The zero-order chi connectivity index (χ0) is 15.7. The lowest BCUT2D eigenvalue weighted by atomic mass is 10.2. The van der Waals surface area contributed by atoms with Crippen LogP contribution in [-0.4, -0.2) is 28.3 Å². The third-order valence-electron chi connectivity index (χ3n) is 3.06. The Morgan fingerprint density at radius 1 is 1.23 bits per heavy atom. The van der Waals surface area contributed by atoms with Gasteiger partial charge < -0.3 is 9.09 Å². The van der Waals surface area contributed by atoms with Gasteiger partial charge in [0.25, 0.3) is 0 Å². The summed E-state index contributed by atoms with van der Waals surface area (Å²) in [5.41, 5.74) is 0.441. The molecular weight excluding hydrogens is 311 g/mol. The first-order valence-corrected chi connectivity index (χ1v) is 7.90. The van der Waals surface area contributed by atoms with E-state index in [2.05, 4.69) is 19.9 Å². The van der Waals surface area contributed by atoms with Crippen molar-refractivity contribution in [2.45, 2.75) is 10.9 Å². The summed E-state index contributed by atoms with van der Waals surface area (Å²) < 4.78 is 44.4. The predicted molar refractivity (Wildman–Crippen MR) is 73.8 cm³/mol. The van der Waals surface area contributed by atoms with Crippen LogP contribution >= 0.6 is 0 Å². The highest BCUT2D eigenvalue weighted by atomic mass is 32.2. The van der Waals surface area contributed by atoms with Gasteiger partial charge in [-0.3, -0.25) is 0 Å². The van der Waals surface area contributed by atoms with Crippen LogP contribution in [0.4, 0.5) is 4.39 Å². The Hall–Kier alpha value is -2.55. The van der Waals surface area contributed by atoms with Gasteiger partial charge in [0.1, 0.15) is 17.8 Å². The number of nitrogens with zero attached hydrogens (tertiary/aromatic N) is 4. The largest absolute Gasteiger partial charge is 0.364 e. The van der Waals surface area contributed by atoms with Gasteiger partial charge in [-0.1, -0.05) is 17.3 Å². The first kappa shape index (κ1) is 14.4. The average Bonchev–Trinajstić information content (AvgIpc) is 3.09. The first-order valence-electron chi connectivity index (χ1n) is 6.25. The average molecular weight is 322 g/mol. The predicted octanol–water partition coefficient (Wildman–Crippen LogP) is 1.58. The van der Waals surface area contributed by atoms with Gasteiger partial charge in [0.15, 0.2) is 5.82 Å². The Balaban J connectivity index is 2.02. The summed E-state index contributed by atoms with van der Waals surface area (Å²) in [5.74, 6) is -0.734. The first-order chi connectivity index (χ1) is 10.5. The lowest BCUT2D eigenvalue weighted by Crippen LogP contribution is -2.11. The molecule has 9 heteroatoms. The van der Waals surface area contributed by atoms with Crippen LogP contribution in [-0.2, 0) is 22.6 Å². The summed E-state index contributed by atoms with van der Waals surface area (Å²) in [6.07, 6.45) is 1.28. The quantitative estimate of drug-likeness (QED) is 0.724. The van der Waals surface area contributed by atoms with E-state index < -0.39 is 15.7 Å². The fraction of sp³-hybridized carbons (Fsp3) is 0.154. The molecule has 0 aliphatic heterocycles. The van der Waals surface area contributed by atoms with E-state index in [1.807, 2.05) is 0 Å². The van der Waals surface area contributed by atoms with Crippen LogP contribution in [0.5, 0.6) is 0 Å². The summed E-state index contributed by atoms with van der Waals surface area (Å²) in [6.45, 7) is 0. The van der Waals surface area contributed by atoms with Crippen molar-refractivity contribution < 1.29 is 17.3 Å². The molecule has 0 radical (unpaired) electrons. The Bertz CT molecular complexity index is 903. The van der Waals surface area contributed by atoms with Crippen molar-refractivity contribution in [2.75, 3.05) is 0 Å². The maximum atomic E-state index is 13.8. The Morgan fingerprint density at radius 2 is 2.00 bits per heavy atom. The maximum absolute atomic E-state index is 13.8. The highest BCUT2D eigenvalue weighted by Crippen LogP contribution is 2.23. The second-order valence-corrected chi connectivity index (χ2v) is 6.48. The number of halogens is 1. The van der Waals surface area contributed by atoms with Crippen LogP contribution < -0.4 is 0 Å². The van der Waals surface area contributed by atoms with Crippen LogP contribution in [0.25, 0.3) is 11.4 Å². The van der Waals surface area contributed by atoms with Crippen molar-refractivity contribution in [1.82, 2.24) is 19.9 Å². The van der Waals surface area contributed by atoms with E-state index in [0.717, 1.165) is 0 Å². The number of sulfone groups is 1. The molecule has 0 saturated heterocycles. The van der Waals surface area contributed by atoms with Gasteiger partial charge in [-0.25, -0.2) is 12.8 Å².